The Morgan fingerprint density at radius 2 is 2.10 bits per heavy atom. The van der Waals surface area contributed by atoms with Gasteiger partial charge in [-0.1, -0.05) is 42.5 Å². The first-order valence-electron chi connectivity index (χ1n) is 6.57. The van der Waals surface area contributed by atoms with Crippen molar-refractivity contribution in [2.45, 2.75) is 19.0 Å². The van der Waals surface area contributed by atoms with Gasteiger partial charge in [-0.3, -0.25) is 9.58 Å². The molecule has 20 heavy (non-hydrogen) atoms. The van der Waals surface area contributed by atoms with E-state index in [9.17, 15) is 0 Å². The Morgan fingerprint density at radius 3 is 2.65 bits per heavy atom. The summed E-state index contributed by atoms with van der Waals surface area (Å²) in [5, 5.41) is 4.20. The molecule has 0 bridgehead atoms. The molecule has 0 aliphatic heterocycles. The van der Waals surface area contributed by atoms with Crippen LogP contribution in [0.3, 0.4) is 0 Å². The van der Waals surface area contributed by atoms with E-state index >= 15 is 0 Å². The van der Waals surface area contributed by atoms with Crippen LogP contribution in [-0.2, 0) is 13.6 Å². The molecule has 2 rings (SSSR count). The summed E-state index contributed by atoms with van der Waals surface area (Å²) in [5.74, 6) is 0. The average Bonchev–Trinajstić information content (AvgIpc) is 2.82. The summed E-state index contributed by atoms with van der Waals surface area (Å²) < 4.78 is 1.81. The summed E-state index contributed by atoms with van der Waals surface area (Å²) in [4.78, 5) is 2.79. The minimum atomic E-state index is 0.189. The van der Waals surface area contributed by atoms with E-state index in [2.05, 4.69) is 29.2 Å². The first-order valence-corrected chi connectivity index (χ1v) is 6.98. The number of hydrogen-bond donors (Lipinski definition) is 1. The van der Waals surface area contributed by atoms with Crippen molar-refractivity contribution in [3.63, 3.8) is 0 Å². The minimum Gasteiger partial charge on any atom is -0.393 e. The number of benzene rings is 1. The number of aryl methyl sites for hydroxylation is 1. The van der Waals surface area contributed by atoms with Crippen LogP contribution in [0, 0.1) is 0 Å². The maximum Gasteiger partial charge on any atom is 0.0746 e. The minimum absolute atomic E-state index is 0.189. The summed E-state index contributed by atoms with van der Waals surface area (Å²) in [6, 6.07) is 10.5. The quantitative estimate of drug-likeness (QED) is 0.828. The van der Waals surface area contributed by atoms with Crippen LogP contribution in [0.15, 0.2) is 42.7 Å². The predicted octanol–water partition coefficient (Wildman–Crippen LogP) is 2.27. The molecule has 4 nitrogen and oxygen atoms in total. The number of aromatic nitrogens is 2. The Balaban J connectivity index is 2.15. The van der Waals surface area contributed by atoms with E-state index in [1.54, 1.807) is 0 Å². The lowest BCUT2D eigenvalue weighted by Crippen LogP contribution is -2.28. The van der Waals surface area contributed by atoms with Crippen molar-refractivity contribution in [3.8, 4) is 0 Å². The number of nitrogens with two attached hydrogens (primary N) is 1. The molecule has 0 aliphatic carbocycles. The Hall–Kier alpha value is -1.72. The third-order valence-electron chi connectivity index (χ3n) is 3.30. The van der Waals surface area contributed by atoms with Crippen molar-refractivity contribution < 1.29 is 0 Å². The number of nitrogens with zero attached hydrogens (tertiary/aromatic N) is 3. The molecule has 2 aromatic rings. The molecule has 5 heteroatoms. The molecule has 1 unspecified atom stereocenters. The van der Waals surface area contributed by atoms with Gasteiger partial charge in [0.05, 0.1) is 11.2 Å². The van der Waals surface area contributed by atoms with Gasteiger partial charge in [0.2, 0.25) is 0 Å². The van der Waals surface area contributed by atoms with E-state index in [1.807, 2.05) is 42.3 Å². The lowest BCUT2D eigenvalue weighted by Gasteiger charge is -2.28. The second-order valence-corrected chi connectivity index (χ2v) is 5.56. The van der Waals surface area contributed by atoms with Crippen LogP contribution in [0.1, 0.15) is 23.6 Å². The van der Waals surface area contributed by atoms with Crippen LogP contribution in [-0.4, -0.2) is 26.7 Å². The van der Waals surface area contributed by atoms with Gasteiger partial charge in [-0.05, 0) is 12.6 Å². The highest BCUT2D eigenvalue weighted by Crippen LogP contribution is 2.24. The molecule has 1 atom stereocenters. The molecule has 0 saturated carbocycles. The number of thiocarbonyl (C=S) groups is 1. The summed E-state index contributed by atoms with van der Waals surface area (Å²) in [6.45, 7) is 0.815. The summed E-state index contributed by atoms with van der Waals surface area (Å²) >= 11 is 5.09. The number of rotatable bonds is 6. The van der Waals surface area contributed by atoms with Crippen LogP contribution in [0.4, 0.5) is 0 Å². The second-order valence-electron chi connectivity index (χ2n) is 5.03. The molecule has 0 amide bonds. The Kier molecular flexibility index (Phi) is 4.87. The third kappa shape index (κ3) is 3.88. The highest BCUT2D eigenvalue weighted by atomic mass is 32.1. The van der Waals surface area contributed by atoms with Crippen LogP contribution >= 0.6 is 12.2 Å². The van der Waals surface area contributed by atoms with Gasteiger partial charge in [-0.25, -0.2) is 0 Å². The van der Waals surface area contributed by atoms with E-state index in [0.29, 0.717) is 11.4 Å². The van der Waals surface area contributed by atoms with E-state index in [1.165, 1.54) is 11.1 Å². The van der Waals surface area contributed by atoms with Crippen molar-refractivity contribution in [1.82, 2.24) is 14.7 Å². The molecule has 1 aromatic heterocycles. The van der Waals surface area contributed by atoms with Crippen LogP contribution in [0.5, 0.6) is 0 Å². The lowest BCUT2D eigenvalue weighted by molar-refractivity contribution is 0.242. The van der Waals surface area contributed by atoms with Gasteiger partial charge < -0.3 is 5.73 Å². The average molecular weight is 288 g/mol. The summed E-state index contributed by atoms with van der Waals surface area (Å²) in [6.07, 6.45) is 4.59. The fourth-order valence-corrected chi connectivity index (χ4v) is 2.50. The van der Waals surface area contributed by atoms with Gasteiger partial charge in [0, 0.05) is 37.8 Å². The maximum atomic E-state index is 5.75. The normalized spacial score (nSPS) is 12.6. The largest absolute Gasteiger partial charge is 0.393 e. The Morgan fingerprint density at radius 1 is 1.40 bits per heavy atom. The molecule has 0 aliphatic rings. The highest BCUT2D eigenvalue weighted by Gasteiger charge is 2.18. The first kappa shape index (κ1) is 14.7. The molecule has 0 fully saturated rings. The van der Waals surface area contributed by atoms with E-state index in [-0.39, 0.29) is 6.04 Å². The van der Waals surface area contributed by atoms with Crippen molar-refractivity contribution in [2.24, 2.45) is 12.8 Å². The van der Waals surface area contributed by atoms with Gasteiger partial charge >= 0.3 is 0 Å². The zero-order valence-electron chi connectivity index (χ0n) is 11.9. The Bertz CT molecular complexity index is 564. The van der Waals surface area contributed by atoms with Gasteiger partial charge in [-0.2, -0.15) is 5.10 Å². The molecular weight excluding hydrogens is 268 g/mol. The molecule has 2 N–H and O–H groups in total. The molecular formula is C15H20N4S. The smallest absolute Gasteiger partial charge is 0.0746 e. The fraction of sp³-hybridized carbons (Fsp3) is 0.333. The molecule has 0 spiro atoms. The van der Waals surface area contributed by atoms with Crippen LogP contribution < -0.4 is 5.73 Å². The first-order chi connectivity index (χ1) is 9.56. The summed E-state index contributed by atoms with van der Waals surface area (Å²) in [5.41, 5.74) is 8.16. The van der Waals surface area contributed by atoms with E-state index < -0.39 is 0 Å². The SMILES string of the molecule is CN(Cc1cnn(C)c1)C(CC(N)=S)c1ccccc1. The number of hydrogen-bond acceptors (Lipinski definition) is 3. The monoisotopic (exact) mass is 288 g/mol. The molecule has 106 valence electrons. The van der Waals surface area contributed by atoms with Gasteiger partial charge in [0.1, 0.15) is 0 Å². The van der Waals surface area contributed by atoms with Crippen LogP contribution in [0.25, 0.3) is 0 Å². The zero-order valence-corrected chi connectivity index (χ0v) is 12.7. The van der Waals surface area contributed by atoms with Gasteiger partial charge in [-0.15, -0.1) is 0 Å². The standard InChI is InChI=1S/C15H20N4S/c1-18(10-12-9-17-19(2)11-12)14(8-15(16)20)13-6-4-3-5-7-13/h3-7,9,11,14H,8,10H2,1-2H3,(H2,16,20). The Labute approximate surface area is 125 Å². The lowest BCUT2D eigenvalue weighted by atomic mass is 10.0. The van der Waals surface area contributed by atoms with Crippen molar-refractivity contribution in [1.29, 1.82) is 0 Å². The molecule has 0 saturated heterocycles. The second kappa shape index (κ2) is 6.63. The highest BCUT2D eigenvalue weighted by molar-refractivity contribution is 7.80. The van der Waals surface area contributed by atoms with E-state index in [0.717, 1.165) is 6.54 Å². The molecule has 1 aromatic carbocycles. The topological polar surface area (TPSA) is 47.1 Å². The zero-order chi connectivity index (χ0) is 14.5. The van der Waals surface area contributed by atoms with Crippen molar-refractivity contribution in [3.05, 3.63) is 53.9 Å². The van der Waals surface area contributed by atoms with Crippen molar-refractivity contribution in [2.75, 3.05) is 7.05 Å². The maximum absolute atomic E-state index is 5.75. The predicted molar refractivity (Wildman–Crippen MR) is 85.3 cm³/mol. The van der Waals surface area contributed by atoms with Gasteiger partial charge in [0.25, 0.3) is 0 Å². The molecule has 0 radical (unpaired) electrons. The van der Waals surface area contributed by atoms with Crippen molar-refractivity contribution >= 4 is 17.2 Å². The third-order valence-corrected chi connectivity index (χ3v) is 3.47. The fourth-order valence-electron chi connectivity index (χ4n) is 2.35. The summed E-state index contributed by atoms with van der Waals surface area (Å²) in [7, 11) is 4.01. The van der Waals surface area contributed by atoms with Gasteiger partial charge in [0.15, 0.2) is 0 Å². The van der Waals surface area contributed by atoms with E-state index in [4.69, 9.17) is 18.0 Å². The van der Waals surface area contributed by atoms with Crippen LogP contribution in [0.2, 0.25) is 0 Å². The molecule has 1 heterocycles.